The number of aliphatic hydroxyl groups is 1. The normalized spacial score (nSPS) is 13.5. The number of benzene rings is 1. The molecule has 0 atom stereocenters. The highest BCUT2D eigenvalue weighted by molar-refractivity contribution is 5.51. The quantitative estimate of drug-likeness (QED) is 0.705. The van der Waals surface area contributed by atoms with Gasteiger partial charge in [0.05, 0.1) is 12.2 Å². The Bertz CT molecular complexity index is 470. The maximum atomic E-state index is 9.80. The summed E-state index contributed by atoms with van der Waals surface area (Å²) in [6, 6.07) is 3.71. The van der Waals surface area contributed by atoms with Gasteiger partial charge in [0.15, 0.2) is 11.5 Å². The van der Waals surface area contributed by atoms with Crippen LogP contribution in [0.4, 0.5) is 0 Å². The van der Waals surface area contributed by atoms with E-state index in [4.69, 9.17) is 18.9 Å². The third-order valence-corrected chi connectivity index (χ3v) is 2.94. The second-order valence-electron chi connectivity index (χ2n) is 5.58. The summed E-state index contributed by atoms with van der Waals surface area (Å²) < 4.78 is 21.5. The van der Waals surface area contributed by atoms with E-state index in [9.17, 15) is 5.11 Å². The van der Waals surface area contributed by atoms with Crippen LogP contribution in [0.25, 0.3) is 0 Å². The number of rotatable bonds is 8. The zero-order valence-electron chi connectivity index (χ0n) is 12.8. The average Bonchev–Trinajstić information content (AvgIpc) is 2.87. The molecule has 6 heteroatoms. The van der Waals surface area contributed by atoms with Gasteiger partial charge in [-0.1, -0.05) is 0 Å². The highest BCUT2D eigenvalue weighted by Crippen LogP contribution is 2.38. The predicted octanol–water partition coefficient (Wildman–Crippen LogP) is 1.30. The first kappa shape index (κ1) is 15.9. The fraction of sp³-hybridized carbons (Fsp3) is 0.600. The van der Waals surface area contributed by atoms with E-state index < -0.39 is 5.60 Å². The zero-order chi connectivity index (χ0) is 15.3. The Balaban J connectivity index is 2.08. The summed E-state index contributed by atoms with van der Waals surface area (Å²) in [7, 11) is 1.67. The Morgan fingerprint density at radius 1 is 1.29 bits per heavy atom. The molecule has 21 heavy (non-hydrogen) atoms. The lowest BCUT2D eigenvalue weighted by molar-refractivity contribution is 0.0280. The van der Waals surface area contributed by atoms with Crippen LogP contribution in [0, 0.1) is 0 Å². The van der Waals surface area contributed by atoms with E-state index in [0.717, 1.165) is 12.1 Å². The van der Waals surface area contributed by atoms with Gasteiger partial charge in [-0.15, -0.1) is 0 Å². The topological polar surface area (TPSA) is 69.2 Å². The van der Waals surface area contributed by atoms with Gasteiger partial charge >= 0.3 is 0 Å². The highest BCUT2D eigenvalue weighted by Gasteiger charge is 2.20. The molecular formula is C15H23NO5. The van der Waals surface area contributed by atoms with Crippen molar-refractivity contribution in [3.63, 3.8) is 0 Å². The molecule has 0 aliphatic carbocycles. The highest BCUT2D eigenvalue weighted by atomic mass is 16.7. The summed E-state index contributed by atoms with van der Waals surface area (Å²) in [5.74, 6) is 2.07. The number of fused-ring (bicyclic) bond motifs is 1. The van der Waals surface area contributed by atoms with Crippen molar-refractivity contribution in [3.8, 4) is 17.2 Å². The van der Waals surface area contributed by atoms with Gasteiger partial charge in [0, 0.05) is 31.8 Å². The van der Waals surface area contributed by atoms with Crippen molar-refractivity contribution in [1.29, 1.82) is 0 Å². The monoisotopic (exact) mass is 297 g/mol. The summed E-state index contributed by atoms with van der Waals surface area (Å²) in [5, 5.41) is 13.1. The van der Waals surface area contributed by atoms with Gasteiger partial charge in [-0.2, -0.15) is 0 Å². The van der Waals surface area contributed by atoms with Crippen LogP contribution >= 0.6 is 0 Å². The molecule has 0 saturated carbocycles. The lowest BCUT2D eigenvalue weighted by Crippen LogP contribution is -2.28. The van der Waals surface area contributed by atoms with Crippen molar-refractivity contribution in [2.24, 2.45) is 0 Å². The number of hydrogen-bond acceptors (Lipinski definition) is 6. The van der Waals surface area contributed by atoms with Crippen molar-refractivity contribution < 1.29 is 24.1 Å². The minimum absolute atomic E-state index is 0.206. The molecule has 1 heterocycles. The van der Waals surface area contributed by atoms with E-state index in [0.29, 0.717) is 30.4 Å². The van der Waals surface area contributed by atoms with Gasteiger partial charge < -0.3 is 29.4 Å². The summed E-state index contributed by atoms with van der Waals surface area (Å²) in [6.07, 6.45) is 0. The second kappa shape index (κ2) is 6.98. The molecule has 0 fully saturated rings. The van der Waals surface area contributed by atoms with Gasteiger partial charge in [-0.25, -0.2) is 0 Å². The standard InChI is InChI=1S/C15H23NO5/c1-15(2,17)9-19-12-7-14-13(20-10-21-14)6-11(12)8-16-4-5-18-3/h6-7,16-17H,4-5,8-10H2,1-3H3. The van der Waals surface area contributed by atoms with E-state index in [1.54, 1.807) is 27.0 Å². The predicted molar refractivity (Wildman–Crippen MR) is 77.9 cm³/mol. The van der Waals surface area contributed by atoms with Crippen molar-refractivity contribution >= 4 is 0 Å². The van der Waals surface area contributed by atoms with Gasteiger partial charge in [0.25, 0.3) is 0 Å². The van der Waals surface area contributed by atoms with Gasteiger partial charge in [0.1, 0.15) is 12.4 Å². The SMILES string of the molecule is COCCNCc1cc2c(cc1OCC(C)(C)O)OCO2. The molecule has 0 amide bonds. The molecule has 1 aromatic rings. The molecule has 0 bridgehead atoms. The van der Waals surface area contributed by atoms with E-state index >= 15 is 0 Å². The molecule has 118 valence electrons. The van der Waals surface area contributed by atoms with Crippen LogP contribution in [-0.2, 0) is 11.3 Å². The number of nitrogens with one attached hydrogen (secondary N) is 1. The molecule has 0 radical (unpaired) electrons. The van der Waals surface area contributed by atoms with Crippen molar-refractivity contribution in [2.45, 2.75) is 26.0 Å². The molecular weight excluding hydrogens is 274 g/mol. The molecule has 2 N–H and O–H groups in total. The maximum absolute atomic E-state index is 9.80. The first-order valence-electron chi connectivity index (χ1n) is 6.97. The van der Waals surface area contributed by atoms with Gasteiger partial charge in [0.2, 0.25) is 6.79 Å². The van der Waals surface area contributed by atoms with Crippen LogP contribution in [0.15, 0.2) is 12.1 Å². The van der Waals surface area contributed by atoms with Crippen LogP contribution in [0.2, 0.25) is 0 Å². The molecule has 6 nitrogen and oxygen atoms in total. The third kappa shape index (κ3) is 4.77. The van der Waals surface area contributed by atoms with Gasteiger partial charge in [-0.05, 0) is 19.9 Å². The molecule has 0 unspecified atom stereocenters. The Morgan fingerprint density at radius 2 is 2.00 bits per heavy atom. The Hall–Kier alpha value is -1.50. The van der Waals surface area contributed by atoms with E-state index in [1.807, 2.05) is 6.07 Å². The Kier molecular flexibility index (Phi) is 5.27. The molecule has 1 aromatic carbocycles. The van der Waals surface area contributed by atoms with Crippen molar-refractivity contribution in [2.75, 3.05) is 33.7 Å². The number of hydrogen-bond donors (Lipinski definition) is 2. The molecule has 0 spiro atoms. The average molecular weight is 297 g/mol. The van der Waals surface area contributed by atoms with E-state index in [1.165, 1.54) is 0 Å². The van der Waals surface area contributed by atoms with E-state index in [2.05, 4.69) is 5.32 Å². The smallest absolute Gasteiger partial charge is 0.231 e. The third-order valence-electron chi connectivity index (χ3n) is 2.94. The largest absolute Gasteiger partial charge is 0.490 e. The number of ether oxygens (including phenoxy) is 4. The fourth-order valence-corrected chi connectivity index (χ4v) is 1.89. The van der Waals surface area contributed by atoms with Crippen LogP contribution in [0.5, 0.6) is 17.2 Å². The molecule has 1 aliphatic heterocycles. The van der Waals surface area contributed by atoms with E-state index in [-0.39, 0.29) is 13.4 Å². The summed E-state index contributed by atoms with van der Waals surface area (Å²) >= 11 is 0. The summed E-state index contributed by atoms with van der Waals surface area (Å²) in [6.45, 7) is 5.85. The lowest BCUT2D eigenvalue weighted by atomic mass is 10.1. The first-order chi connectivity index (χ1) is 9.99. The molecule has 0 aromatic heterocycles. The zero-order valence-corrected chi connectivity index (χ0v) is 12.8. The maximum Gasteiger partial charge on any atom is 0.231 e. The van der Waals surface area contributed by atoms with Crippen LogP contribution in [0.3, 0.4) is 0 Å². The van der Waals surface area contributed by atoms with Crippen LogP contribution < -0.4 is 19.5 Å². The summed E-state index contributed by atoms with van der Waals surface area (Å²) in [5.41, 5.74) is 0.0662. The fourth-order valence-electron chi connectivity index (χ4n) is 1.89. The van der Waals surface area contributed by atoms with Crippen LogP contribution in [0.1, 0.15) is 19.4 Å². The van der Waals surface area contributed by atoms with Crippen molar-refractivity contribution in [1.82, 2.24) is 5.32 Å². The minimum Gasteiger partial charge on any atom is -0.490 e. The Morgan fingerprint density at radius 3 is 2.67 bits per heavy atom. The molecule has 0 saturated heterocycles. The first-order valence-corrected chi connectivity index (χ1v) is 6.97. The summed E-state index contributed by atoms with van der Waals surface area (Å²) in [4.78, 5) is 0. The molecule has 1 aliphatic rings. The minimum atomic E-state index is -0.892. The Labute approximate surface area is 125 Å². The number of methoxy groups -OCH3 is 1. The lowest BCUT2D eigenvalue weighted by Gasteiger charge is -2.20. The van der Waals surface area contributed by atoms with Crippen molar-refractivity contribution in [3.05, 3.63) is 17.7 Å². The van der Waals surface area contributed by atoms with Crippen LogP contribution in [-0.4, -0.2) is 44.4 Å². The second-order valence-corrected chi connectivity index (χ2v) is 5.58. The van der Waals surface area contributed by atoms with Gasteiger partial charge in [-0.3, -0.25) is 0 Å². The molecule has 2 rings (SSSR count).